The van der Waals surface area contributed by atoms with Crippen molar-refractivity contribution in [2.75, 3.05) is 11.1 Å². The molecule has 1 aromatic carbocycles. The highest BCUT2D eigenvalue weighted by Crippen LogP contribution is 2.36. The maximum absolute atomic E-state index is 5.89. The fourth-order valence-corrected chi connectivity index (χ4v) is 3.05. The molecule has 0 saturated heterocycles. The standard InChI is InChI=1S/C14H21BrN2/c1-8-4-5-13(10(8)3)17-14-6-9(2)12(16)7-11(14)15/h6-8,10,13,17H,4-5,16H2,1-3H3. The minimum Gasteiger partial charge on any atom is -0.398 e. The molecule has 3 atom stereocenters. The summed E-state index contributed by atoms with van der Waals surface area (Å²) in [6.07, 6.45) is 2.59. The third-order valence-electron chi connectivity index (χ3n) is 4.16. The Labute approximate surface area is 112 Å². The predicted molar refractivity (Wildman–Crippen MR) is 78.3 cm³/mol. The number of hydrogen-bond acceptors (Lipinski definition) is 2. The van der Waals surface area contributed by atoms with Crippen LogP contribution < -0.4 is 11.1 Å². The molecule has 1 fully saturated rings. The second-order valence-corrected chi connectivity index (χ2v) is 6.21. The van der Waals surface area contributed by atoms with E-state index in [2.05, 4.69) is 41.2 Å². The van der Waals surface area contributed by atoms with Crippen LogP contribution in [0.1, 0.15) is 32.3 Å². The van der Waals surface area contributed by atoms with Crippen LogP contribution in [0.4, 0.5) is 11.4 Å². The Balaban J connectivity index is 2.16. The summed E-state index contributed by atoms with van der Waals surface area (Å²) in [5.74, 6) is 1.56. The molecule has 0 amide bonds. The summed E-state index contributed by atoms with van der Waals surface area (Å²) in [4.78, 5) is 0. The summed E-state index contributed by atoms with van der Waals surface area (Å²) in [7, 11) is 0. The van der Waals surface area contributed by atoms with Gasteiger partial charge in [-0.25, -0.2) is 0 Å². The SMILES string of the molecule is Cc1cc(NC2CCC(C)C2C)c(Br)cc1N. The van der Waals surface area contributed by atoms with Crippen molar-refractivity contribution in [2.45, 2.75) is 39.7 Å². The number of nitrogens with one attached hydrogen (secondary N) is 1. The smallest absolute Gasteiger partial charge is 0.0491 e. The first kappa shape index (κ1) is 12.7. The normalized spacial score (nSPS) is 28.4. The zero-order chi connectivity index (χ0) is 12.6. The largest absolute Gasteiger partial charge is 0.398 e. The minimum atomic E-state index is 0.587. The van der Waals surface area contributed by atoms with Crippen LogP contribution in [-0.4, -0.2) is 6.04 Å². The van der Waals surface area contributed by atoms with Crippen LogP contribution in [-0.2, 0) is 0 Å². The topological polar surface area (TPSA) is 38.0 Å². The van der Waals surface area contributed by atoms with E-state index < -0.39 is 0 Å². The van der Waals surface area contributed by atoms with Gasteiger partial charge in [0.1, 0.15) is 0 Å². The number of rotatable bonds is 2. The quantitative estimate of drug-likeness (QED) is 0.803. The van der Waals surface area contributed by atoms with E-state index >= 15 is 0 Å². The molecule has 3 heteroatoms. The highest BCUT2D eigenvalue weighted by atomic mass is 79.9. The first-order chi connectivity index (χ1) is 7.99. The number of nitrogen functional groups attached to an aromatic ring is 1. The number of anilines is 2. The van der Waals surface area contributed by atoms with E-state index in [0.717, 1.165) is 27.6 Å². The van der Waals surface area contributed by atoms with Crippen molar-refractivity contribution >= 4 is 27.3 Å². The van der Waals surface area contributed by atoms with Crippen LogP contribution in [0.25, 0.3) is 0 Å². The Morgan fingerprint density at radius 2 is 2.00 bits per heavy atom. The predicted octanol–water partition coefficient (Wildman–Crippen LogP) is 4.19. The highest BCUT2D eigenvalue weighted by Gasteiger charge is 2.29. The number of aryl methyl sites for hydroxylation is 1. The molecule has 0 bridgehead atoms. The maximum atomic E-state index is 5.89. The molecule has 17 heavy (non-hydrogen) atoms. The van der Waals surface area contributed by atoms with E-state index in [0.29, 0.717) is 6.04 Å². The van der Waals surface area contributed by atoms with Gasteiger partial charge >= 0.3 is 0 Å². The lowest BCUT2D eigenvalue weighted by Crippen LogP contribution is -2.24. The summed E-state index contributed by atoms with van der Waals surface area (Å²) < 4.78 is 1.06. The molecule has 1 saturated carbocycles. The Bertz CT molecular complexity index is 417. The Morgan fingerprint density at radius 1 is 1.29 bits per heavy atom. The molecule has 2 rings (SSSR count). The van der Waals surface area contributed by atoms with E-state index in [-0.39, 0.29) is 0 Å². The van der Waals surface area contributed by atoms with Gasteiger partial charge in [-0.05, 0) is 65.2 Å². The van der Waals surface area contributed by atoms with Gasteiger partial charge in [-0.3, -0.25) is 0 Å². The zero-order valence-electron chi connectivity index (χ0n) is 10.8. The molecular weight excluding hydrogens is 276 g/mol. The molecular formula is C14H21BrN2. The van der Waals surface area contributed by atoms with Crippen LogP contribution in [0, 0.1) is 18.8 Å². The van der Waals surface area contributed by atoms with Crippen molar-refractivity contribution < 1.29 is 0 Å². The van der Waals surface area contributed by atoms with E-state index in [1.807, 2.05) is 13.0 Å². The Morgan fingerprint density at radius 3 is 2.59 bits per heavy atom. The van der Waals surface area contributed by atoms with Crippen LogP contribution in [0.3, 0.4) is 0 Å². The van der Waals surface area contributed by atoms with Crippen LogP contribution >= 0.6 is 15.9 Å². The first-order valence-electron chi connectivity index (χ1n) is 6.31. The third kappa shape index (κ3) is 2.59. The monoisotopic (exact) mass is 296 g/mol. The number of nitrogens with two attached hydrogens (primary N) is 1. The molecule has 0 heterocycles. The Kier molecular flexibility index (Phi) is 3.67. The van der Waals surface area contributed by atoms with Crippen molar-refractivity contribution in [3.63, 3.8) is 0 Å². The molecule has 3 N–H and O–H groups in total. The molecule has 1 aliphatic carbocycles. The van der Waals surface area contributed by atoms with Crippen molar-refractivity contribution in [1.82, 2.24) is 0 Å². The van der Waals surface area contributed by atoms with Gasteiger partial charge in [-0.2, -0.15) is 0 Å². The molecule has 1 aliphatic rings. The zero-order valence-corrected chi connectivity index (χ0v) is 12.3. The van der Waals surface area contributed by atoms with Gasteiger partial charge in [0.05, 0.1) is 0 Å². The lowest BCUT2D eigenvalue weighted by atomic mass is 9.97. The second-order valence-electron chi connectivity index (χ2n) is 5.35. The van der Waals surface area contributed by atoms with E-state index in [1.54, 1.807) is 0 Å². The molecule has 0 aliphatic heterocycles. The van der Waals surface area contributed by atoms with Crippen molar-refractivity contribution in [1.29, 1.82) is 0 Å². The van der Waals surface area contributed by atoms with Gasteiger partial charge in [0, 0.05) is 21.9 Å². The van der Waals surface area contributed by atoms with Gasteiger partial charge in [0.15, 0.2) is 0 Å². The summed E-state index contributed by atoms with van der Waals surface area (Å²) in [5.41, 5.74) is 9.03. The van der Waals surface area contributed by atoms with E-state index in [9.17, 15) is 0 Å². The number of halogens is 1. The van der Waals surface area contributed by atoms with Crippen LogP contribution in [0.15, 0.2) is 16.6 Å². The number of benzene rings is 1. The average molecular weight is 297 g/mol. The van der Waals surface area contributed by atoms with Gasteiger partial charge in [0.25, 0.3) is 0 Å². The second kappa shape index (κ2) is 4.89. The molecule has 0 aromatic heterocycles. The van der Waals surface area contributed by atoms with Crippen molar-refractivity contribution in [2.24, 2.45) is 11.8 Å². The fraction of sp³-hybridized carbons (Fsp3) is 0.571. The molecule has 3 unspecified atom stereocenters. The van der Waals surface area contributed by atoms with Crippen molar-refractivity contribution in [3.05, 3.63) is 22.2 Å². The molecule has 1 aromatic rings. The molecule has 0 radical (unpaired) electrons. The lowest BCUT2D eigenvalue weighted by molar-refractivity contribution is 0.435. The van der Waals surface area contributed by atoms with E-state index in [4.69, 9.17) is 5.73 Å². The lowest BCUT2D eigenvalue weighted by Gasteiger charge is -2.22. The molecule has 0 spiro atoms. The fourth-order valence-electron chi connectivity index (χ4n) is 2.58. The summed E-state index contributed by atoms with van der Waals surface area (Å²) in [5, 5.41) is 3.65. The van der Waals surface area contributed by atoms with Crippen LogP contribution in [0.2, 0.25) is 0 Å². The van der Waals surface area contributed by atoms with Crippen LogP contribution in [0.5, 0.6) is 0 Å². The maximum Gasteiger partial charge on any atom is 0.0491 e. The summed E-state index contributed by atoms with van der Waals surface area (Å²) in [6.45, 7) is 6.73. The number of hydrogen-bond donors (Lipinski definition) is 2. The highest BCUT2D eigenvalue weighted by molar-refractivity contribution is 9.10. The summed E-state index contributed by atoms with van der Waals surface area (Å²) >= 11 is 3.58. The van der Waals surface area contributed by atoms with Gasteiger partial charge in [-0.15, -0.1) is 0 Å². The summed E-state index contributed by atoms with van der Waals surface area (Å²) in [6, 6.07) is 4.71. The third-order valence-corrected chi connectivity index (χ3v) is 4.82. The van der Waals surface area contributed by atoms with Crippen molar-refractivity contribution in [3.8, 4) is 0 Å². The Hall–Kier alpha value is -0.700. The van der Waals surface area contributed by atoms with E-state index in [1.165, 1.54) is 18.5 Å². The van der Waals surface area contributed by atoms with Gasteiger partial charge < -0.3 is 11.1 Å². The minimum absolute atomic E-state index is 0.587. The van der Waals surface area contributed by atoms with Gasteiger partial charge in [-0.1, -0.05) is 13.8 Å². The molecule has 94 valence electrons. The molecule has 2 nitrogen and oxygen atoms in total. The average Bonchev–Trinajstić information content (AvgIpc) is 2.58. The first-order valence-corrected chi connectivity index (χ1v) is 7.10. The van der Waals surface area contributed by atoms with Gasteiger partial charge in [0.2, 0.25) is 0 Å².